The number of rotatable bonds is 10. The van der Waals surface area contributed by atoms with Crippen molar-refractivity contribution in [2.45, 2.75) is 26.6 Å². The quantitative estimate of drug-likeness (QED) is 0.369. The summed E-state index contributed by atoms with van der Waals surface area (Å²) in [6.45, 7) is 2.32. The zero-order chi connectivity index (χ0) is 21.2. The molecular formula is C25H25NO4. The predicted molar refractivity (Wildman–Crippen MR) is 117 cm³/mol. The molecular weight excluding hydrogens is 378 g/mol. The summed E-state index contributed by atoms with van der Waals surface area (Å²) in [5.41, 5.74) is 6.11. The normalized spacial score (nSPS) is 11.3. The first-order valence-corrected chi connectivity index (χ1v) is 9.87. The van der Waals surface area contributed by atoms with Gasteiger partial charge in [0, 0.05) is 0 Å². The van der Waals surface area contributed by atoms with E-state index in [2.05, 4.69) is 41.6 Å². The number of carbonyl (C=O) groups is 1. The smallest absolute Gasteiger partial charge is 0.329 e. The number of carboxylic acids is 1. The first kappa shape index (κ1) is 21.3. The molecule has 0 aliphatic heterocycles. The van der Waals surface area contributed by atoms with E-state index in [0.717, 1.165) is 34.4 Å². The molecule has 154 valence electrons. The molecule has 0 saturated carbocycles. The molecule has 1 N–H and O–H groups in total. The third kappa shape index (κ3) is 6.29. The minimum absolute atomic E-state index is 0.247. The molecule has 0 atom stereocenters. The molecule has 3 rings (SSSR count). The molecule has 5 heteroatoms. The van der Waals surface area contributed by atoms with Crippen LogP contribution in [0.15, 0.2) is 84.0 Å². The highest BCUT2D eigenvalue weighted by molar-refractivity contribution is 6.00. The molecule has 0 unspecified atom stereocenters. The maximum absolute atomic E-state index is 10.5. The summed E-state index contributed by atoms with van der Waals surface area (Å²) >= 11 is 0. The van der Waals surface area contributed by atoms with Gasteiger partial charge < -0.3 is 14.7 Å². The number of ether oxygens (including phenoxy) is 1. The second kappa shape index (κ2) is 10.9. The molecule has 0 radical (unpaired) electrons. The lowest BCUT2D eigenvalue weighted by Crippen LogP contribution is -2.06. The Kier molecular flexibility index (Phi) is 7.75. The van der Waals surface area contributed by atoms with E-state index in [1.54, 1.807) is 0 Å². The molecule has 0 fully saturated rings. The van der Waals surface area contributed by atoms with E-state index in [-0.39, 0.29) is 13.2 Å². The van der Waals surface area contributed by atoms with E-state index < -0.39 is 5.97 Å². The van der Waals surface area contributed by atoms with Crippen LogP contribution >= 0.6 is 0 Å². The highest BCUT2D eigenvalue weighted by Gasteiger charge is 2.05. The van der Waals surface area contributed by atoms with Gasteiger partial charge in [-0.15, -0.1) is 0 Å². The van der Waals surface area contributed by atoms with Crippen molar-refractivity contribution in [2.75, 3.05) is 6.61 Å². The SMILES string of the molecule is CC/C(=N\OCc1cccc(COCC(=O)O)c1)c1ccc(-c2ccccc2)cc1. The van der Waals surface area contributed by atoms with E-state index in [4.69, 9.17) is 14.7 Å². The highest BCUT2D eigenvalue weighted by Crippen LogP contribution is 2.20. The van der Waals surface area contributed by atoms with E-state index in [0.29, 0.717) is 6.61 Å². The maximum Gasteiger partial charge on any atom is 0.329 e. The van der Waals surface area contributed by atoms with Crippen molar-refractivity contribution in [3.8, 4) is 11.1 Å². The summed E-state index contributed by atoms with van der Waals surface area (Å²) in [5, 5.41) is 13.0. The van der Waals surface area contributed by atoms with Crippen LogP contribution in [0.2, 0.25) is 0 Å². The van der Waals surface area contributed by atoms with Crippen molar-refractivity contribution in [2.24, 2.45) is 5.16 Å². The number of benzene rings is 3. The Balaban J connectivity index is 1.60. The molecule has 3 aromatic rings. The number of carboxylic acid groups (broad SMARTS) is 1. The Morgan fingerprint density at radius 2 is 1.53 bits per heavy atom. The molecule has 0 amide bonds. The topological polar surface area (TPSA) is 68.1 Å². The summed E-state index contributed by atoms with van der Waals surface area (Å²) < 4.78 is 5.13. The van der Waals surface area contributed by atoms with Crippen LogP contribution in [0, 0.1) is 0 Å². The van der Waals surface area contributed by atoms with Gasteiger partial charge in [-0.05, 0) is 40.3 Å². The van der Waals surface area contributed by atoms with Gasteiger partial charge in [0.1, 0.15) is 13.2 Å². The number of hydrogen-bond donors (Lipinski definition) is 1. The van der Waals surface area contributed by atoms with Crippen LogP contribution in [-0.4, -0.2) is 23.4 Å². The predicted octanol–water partition coefficient (Wildman–Crippen LogP) is 5.29. The summed E-state index contributed by atoms with van der Waals surface area (Å²) in [6, 6.07) is 26.2. The minimum atomic E-state index is -0.979. The average molecular weight is 403 g/mol. The van der Waals surface area contributed by atoms with Gasteiger partial charge in [0.15, 0.2) is 0 Å². The van der Waals surface area contributed by atoms with Crippen molar-refractivity contribution in [1.82, 2.24) is 0 Å². The third-order valence-corrected chi connectivity index (χ3v) is 4.55. The Bertz CT molecular complexity index is 982. The van der Waals surface area contributed by atoms with Crippen LogP contribution in [0.4, 0.5) is 0 Å². The van der Waals surface area contributed by atoms with Crippen LogP contribution in [-0.2, 0) is 27.6 Å². The Labute approximate surface area is 176 Å². The van der Waals surface area contributed by atoms with Crippen molar-refractivity contribution < 1.29 is 19.5 Å². The number of oxime groups is 1. The van der Waals surface area contributed by atoms with E-state index in [1.165, 1.54) is 5.56 Å². The van der Waals surface area contributed by atoms with Crippen LogP contribution < -0.4 is 0 Å². The standard InChI is InChI=1S/C25H25NO4/c1-2-24(23-13-11-22(12-14-23)21-9-4-3-5-10-21)26-30-17-20-8-6-7-19(15-20)16-29-18-25(27)28/h3-15H,2,16-18H2,1H3,(H,27,28)/b26-24+. The highest BCUT2D eigenvalue weighted by atomic mass is 16.6. The Morgan fingerprint density at radius 3 is 2.20 bits per heavy atom. The average Bonchev–Trinajstić information content (AvgIpc) is 2.78. The molecule has 0 heterocycles. The lowest BCUT2D eigenvalue weighted by Gasteiger charge is -2.08. The van der Waals surface area contributed by atoms with Gasteiger partial charge in [0.05, 0.1) is 12.3 Å². The second-order valence-corrected chi connectivity index (χ2v) is 6.81. The lowest BCUT2D eigenvalue weighted by atomic mass is 10.0. The first-order valence-electron chi connectivity index (χ1n) is 9.87. The van der Waals surface area contributed by atoms with Crippen molar-refractivity contribution in [3.05, 3.63) is 95.6 Å². The Hall–Kier alpha value is -3.44. The minimum Gasteiger partial charge on any atom is -0.480 e. The van der Waals surface area contributed by atoms with Gasteiger partial charge in [-0.3, -0.25) is 0 Å². The number of nitrogens with zero attached hydrogens (tertiary/aromatic N) is 1. The zero-order valence-electron chi connectivity index (χ0n) is 17.0. The maximum atomic E-state index is 10.5. The fourth-order valence-electron chi connectivity index (χ4n) is 3.06. The summed E-state index contributed by atoms with van der Waals surface area (Å²) in [4.78, 5) is 16.1. The van der Waals surface area contributed by atoms with Gasteiger partial charge in [-0.25, -0.2) is 4.79 Å². The van der Waals surface area contributed by atoms with Gasteiger partial charge in [0.2, 0.25) is 0 Å². The van der Waals surface area contributed by atoms with Crippen molar-refractivity contribution in [1.29, 1.82) is 0 Å². The van der Waals surface area contributed by atoms with Crippen molar-refractivity contribution in [3.63, 3.8) is 0 Å². The molecule has 0 saturated heterocycles. The molecule has 0 spiro atoms. The largest absolute Gasteiger partial charge is 0.480 e. The zero-order valence-corrected chi connectivity index (χ0v) is 17.0. The van der Waals surface area contributed by atoms with E-state index in [9.17, 15) is 4.79 Å². The molecule has 5 nitrogen and oxygen atoms in total. The first-order chi connectivity index (χ1) is 14.7. The lowest BCUT2D eigenvalue weighted by molar-refractivity contribution is -0.142. The van der Waals surface area contributed by atoms with Gasteiger partial charge in [0.25, 0.3) is 0 Å². The van der Waals surface area contributed by atoms with Crippen LogP contribution in [0.5, 0.6) is 0 Å². The third-order valence-electron chi connectivity index (χ3n) is 4.55. The van der Waals surface area contributed by atoms with E-state index in [1.807, 2.05) is 49.4 Å². The number of aliphatic carboxylic acids is 1. The monoisotopic (exact) mass is 403 g/mol. The van der Waals surface area contributed by atoms with Gasteiger partial charge >= 0.3 is 5.97 Å². The summed E-state index contributed by atoms with van der Waals surface area (Å²) in [6.07, 6.45) is 0.758. The Morgan fingerprint density at radius 1 is 0.867 bits per heavy atom. The molecule has 3 aromatic carbocycles. The summed E-state index contributed by atoms with van der Waals surface area (Å²) in [5.74, 6) is -0.979. The van der Waals surface area contributed by atoms with Gasteiger partial charge in [-0.2, -0.15) is 0 Å². The molecule has 0 aliphatic carbocycles. The second-order valence-electron chi connectivity index (χ2n) is 6.81. The number of hydrogen-bond acceptors (Lipinski definition) is 4. The molecule has 0 bridgehead atoms. The summed E-state index contributed by atoms with van der Waals surface area (Å²) in [7, 11) is 0. The van der Waals surface area contributed by atoms with Gasteiger partial charge in [-0.1, -0.05) is 84.9 Å². The van der Waals surface area contributed by atoms with Crippen molar-refractivity contribution >= 4 is 11.7 Å². The van der Waals surface area contributed by atoms with E-state index >= 15 is 0 Å². The molecule has 0 aliphatic rings. The fourth-order valence-corrected chi connectivity index (χ4v) is 3.06. The van der Waals surface area contributed by atoms with Crippen LogP contribution in [0.3, 0.4) is 0 Å². The fraction of sp³-hybridized carbons (Fsp3) is 0.200. The molecule has 30 heavy (non-hydrogen) atoms. The van der Waals surface area contributed by atoms with Crippen LogP contribution in [0.1, 0.15) is 30.0 Å². The van der Waals surface area contributed by atoms with Crippen LogP contribution in [0.25, 0.3) is 11.1 Å². The molecule has 0 aromatic heterocycles.